The van der Waals surface area contributed by atoms with E-state index in [2.05, 4.69) is 20.9 Å². The van der Waals surface area contributed by atoms with Crippen molar-refractivity contribution in [3.63, 3.8) is 0 Å². The number of nitrogens with zero attached hydrogens (tertiary/aromatic N) is 2. The maximum atomic E-state index is 13.0. The van der Waals surface area contributed by atoms with Crippen molar-refractivity contribution in [2.45, 2.75) is 27.4 Å². The van der Waals surface area contributed by atoms with Crippen LogP contribution < -0.4 is 10.3 Å². The van der Waals surface area contributed by atoms with Gasteiger partial charge in [0.1, 0.15) is 22.7 Å². The molecule has 0 amide bonds. The van der Waals surface area contributed by atoms with Crippen molar-refractivity contribution in [1.29, 1.82) is 0 Å². The van der Waals surface area contributed by atoms with Crippen molar-refractivity contribution in [1.82, 2.24) is 9.55 Å². The summed E-state index contributed by atoms with van der Waals surface area (Å²) >= 11 is 3.32. The third kappa shape index (κ3) is 3.55. The second-order valence-corrected chi connectivity index (χ2v) is 6.87. The van der Waals surface area contributed by atoms with Crippen molar-refractivity contribution < 1.29 is 9.13 Å². The molecule has 0 atom stereocenters. The lowest BCUT2D eigenvalue weighted by molar-refractivity contribution is 0.289. The van der Waals surface area contributed by atoms with E-state index in [1.807, 2.05) is 32.0 Å². The van der Waals surface area contributed by atoms with Gasteiger partial charge in [-0.3, -0.25) is 9.36 Å². The Morgan fingerprint density at radius 3 is 2.31 bits per heavy atom. The molecule has 3 rings (SSSR count). The minimum absolute atomic E-state index is 0.193. The molecule has 6 heteroatoms. The maximum Gasteiger partial charge on any atom is 0.276 e. The van der Waals surface area contributed by atoms with Crippen molar-refractivity contribution in [3.8, 4) is 11.6 Å². The number of halogens is 2. The third-order valence-electron chi connectivity index (χ3n) is 4.12. The van der Waals surface area contributed by atoms with Gasteiger partial charge in [0.25, 0.3) is 5.56 Å². The van der Waals surface area contributed by atoms with Gasteiger partial charge in [-0.2, -0.15) is 4.98 Å². The standard InChI is InChI=1S/C20H18BrFN2O2/c1-12-5-4-6-13(2)18(12)24-14(3)23-19(17(21)20(24)25)26-11-15-7-9-16(22)10-8-15/h4-10H,11H2,1-3H3. The predicted molar refractivity (Wildman–Crippen MR) is 102 cm³/mol. The van der Waals surface area contributed by atoms with Gasteiger partial charge in [-0.25, -0.2) is 4.39 Å². The van der Waals surface area contributed by atoms with Crippen LogP contribution in [0.1, 0.15) is 22.5 Å². The molecule has 0 radical (unpaired) electrons. The van der Waals surface area contributed by atoms with E-state index in [9.17, 15) is 9.18 Å². The van der Waals surface area contributed by atoms with Gasteiger partial charge in [-0.15, -0.1) is 0 Å². The molecule has 1 heterocycles. The molecule has 134 valence electrons. The van der Waals surface area contributed by atoms with E-state index in [1.54, 1.807) is 23.6 Å². The number of hydrogen-bond acceptors (Lipinski definition) is 3. The zero-order valence-corrected chi connectivity index (χ0v) is 16.3. The summed E-state index contributed by atoms with van der Waals surface area (Å²) in [6, 6.07) is 11.9. The summed E-state index contributed by atoms with van der Waals surface area (Å²) in [7, 11) is 0. The molecule has 0 aliphatic carbocycles. The smallest absolute Gasteiger partial charge is 0.276 e. The van der Waals surface area contributed by atoms with Crippen LogP contribution in [-0.4, -0.2) is 9.55 Å². The fourth-order valence-corrected chi connectivity index (χ4v) is 3.21. The molecule has 0 saturated carbocycles. The fourth-order valence-electron chi connectivity index (χ4n) is 2.83. The highest BCUT2D eigenvalue weighted by Crippen LogP contribution is 2.24. The Bertz CT molecular complexity index is 993. The lowest BCUT2D eigenvalue weighted by Gasteiger charge is -2.17. The Hall–Kier alpha value is -2.47. The monoisotopic (exact) mass is 416 g/mol. The Morgan fingerprint density at radius 2 is 1.69 bits per heavy atom. The first-order chi connectivity index (χ1) is 12.4. The van der Waals surface area contributed by atoms with Gasteiger partial charge in [0.2, 0.25) is 5.88 Å². The molecule has 3 aromatic rings. The van der Waals surface area contributed by atoms with Crippen LogP contribution in [0, 0.1) is 26.6 Å². The molecule has 26 heavy (non-hydrogen) atoms. The summed E-state index contributed by atoms with van der Waals surface area (Å²) in [5.41, 5.74) is 3.36. The number of ether oxygens (including phenoxy) is 1. The van der Waals surface area contributed by atoms with Gasteiger partial charge in [0.05, 0.1) is 5.69 Å². The van der Waals surface area contributed by atoms with E-state index >= 15 is 0 Å². The average molecular weight is 417 g/mol. The lowest BCUT2D eigenvalue weighted by Crippen LogP contribution is -2.25. The molecule has 0 bridgehead atoms. The van der Waals surface area contributed by atoms with Gasteiger partial charge in [0, 0.05) is 0 Å². The first-order valence-corrected chi connectivity index (χ1v) is 8.90. The third-order valence-corrected chi connectivity index (χ3v) is 4.80. The molecule has 0 aliphatic heterocycles. The number of aryl methyl sites for hydroxylation is 3. The number of rotatable bonds is 4. The van der Waals surface area contributed by atoms with Crippen LogP contribution in [0.2, 0.25) is 0 Å². The van der Waals surface area contributed by atoms with E-state index in [0.29, 0.717) is 5.82 Å². The van der Waals surface area contributed by atoms with Crippen LogP contribution in [0.25, 0.3) is 5.69 Å². The minimum Gasteiger partial charge on any atom is -0.472 e. The Labute approximate surface area is 159 Å². The summed E-state index contributed by atoms with van der Waals surface area (Å²) in [6.45, 7) is 5.88. The SMILES string of the molecule is Cc1cccc(C)c1-n1c(C)nc(OCc2ccc(F)cc2)c(Br)c1=O. The first-order valence-electron chi connectivity index (χ1n) is 8.11. The highest BCUT2D eigenvalue weighted by atomic mass is 79.9. The van der Waals surface area contributed by atoms with Crippen LogP contribution >= 0.6 is 15.9 Å². The largest absolute Gasteiger partial charge is 0.472 e. The number of hydrogen-bond donors (Lipinski definition) is 0. The highest BCUT2D eigenvalue weighted by molar-refractivity contribution is 9.10. The summed E-state index contributed by atoms with van der Waals surface area (Å²) in [6.07, 6.45) is 0. The van der Waals surface area contributed by atoms with Gasteiger partial charge >= 0.3 is 0 Å². The Morgan fingerprint density at radius 1 is 1.08 bits per heavy atom. The summed E-state index contributed by atoms with van der Waals surface area (Å²) in [4.78, 5) is 17.4. The molecule has 0 fully saturated rings. The molecule has 1 aromatic heterocycles. The van der Waals surface area contributed by atoms with E-state index in [4.69, 9.17) is 4.74 Å². The van der Waals surface area contributed by atoms with Crippen molar-refractivity contribution in [3.05, 3.63) is 85.6 Å². The summed E-state index contributed by atoms with van der Waals surface area (Å²) < 4.78 is 20.5. The van der Waals surface area contributed by atoms with Crippen molar-refractivity contribution in [2.75, 3.05) is 0 Å². The number of para-hydroxylation sites is 1. The molecular weight excluding hydrogens is 399 g/mol. The quantitative estimate of drug-likeness (QED) is 0.622. The molecule has 0 unspecified atom stereocenters. The number of benzene rings is 2. The average Bonchev–Trinajstić information content (AvgIpc) is 2.61. The summed E-state index contributed by atoms with van der Waals surface area (Å²) in [5, 5.41) is 0. The second kappa shape index (κ2) is 7.41. The topological polar surface area (TPSA) is 44.1 Å². The molecule has 0 aliphatic rings. The Kier molecular flexibility index (Phi) is 5.23. The van der Waals surface area contributed by atoms with E-state index in [-0.39, 0.29) is 28.3 Å². The lowest BCUT2D eigenvalue weighted by atomic mass is 10.1. The molecule has 4 nitrogen and oxygen atoms in total. The van der Waals surface area contributed by atoms with E-state index < -0.39 is 0 Å². The van der Waals surface area contributed by atoms with Crippen molar-refractivity contribution >= 4 is 15.9 Å². The van der Waals surface area contributed by atoms with Crippen molar-refractivity contribution in [2.24, 2.45) is 0 Å². The van der Waals surface area contributed by atoms with Crippen LogP contribution in [0.15, 0.2) is 51.7 Å². The van der Waals surface area contributed by atoms with E-state index in [1.165, 1.54) is 12.1 Å². The summed E-state index contributed by atoms with van der Waals surface area (Å²) in [5.74, 6) is 0.448. The van der Waals surface area contributed by atoms with Crippen LogP contribution in [-0.2, 0) is 6.61 Å². The molecule has 0 N–H and O–H groups in total. The zero-order chi connectivity index (χ0) is 18.8. The van der Waals surface area contributed by atoms with Gasteiger partial charge in [0.15, 0.2) is 0 Å². The highest BCUT2D eigenvalue weighted by Gasteiger charge is 2.17. The van der Waals surface area contributed by atoms with Gasteiger partial charge in [-0.1, -0.05) is 30.3 Å². The molecule has 0 saturated heterocycles. The molecule has 0 spiro atoms. The molecule has 2 aromatic carbocycles. The fraction of sp³-hybridized carbons (Fsp3) is 0.200. The van der Waals surface area contributed by atoms with Crippen LogP contribution in [0.5, 0.6) is 5.88 Å². The Balaban J connectivity index is 1.98. The normalized spacial score (nSPS) is 10.8. The zero-order valence-electron chi connectivity index (χ0n) is 14.7. The second-order valence-electron chi connectivity index (χ2n) is 6.07. The minimum atomic E-state index is -0.305. The number of aromatic nitrogens is 2. The van der Waals surface area contributed by atoms with Gasteiger partial charge in [-0.05, 0) is 65.5 Å². The maximum absolute atomic E-state index is 13.0. The van der Waals surface area contributed by atoms with Crippen LogP contribution in [0.3, 0.4) is 0 Å². The van der Waals surface area contributed by atoms with E-state index in [0.717, 1.165) is 22.4 Å². The molecular formula is C20H18BrFN2O2. The van der Waals surface area contributed by atoms with Crippen LogP contribution in [0.4, 0.5) is 4.39 Å². The first kappa shape index (κ1) is 18.3. The predicted octanol–water partition coefficient (Wildman–Crippen LogP) is 4.64. The van der Waals surface area contributed by atoms with Gasteiger partial charge < -0.3 is 4.74 Å².